The predicted molar refractivity (Wildman–Crippen MR) is 156 cm³/mol. The third-order valence-corrected chi connectivity index (χ3v) is 7.55. The predicted octanol–water partition coefficient (Wildman–Crippen LogP) is 8.61. The molecule has 0 saturated heterocycles. The third-order valence-electron chi connectivity index (χ3n) is 7.55. The summed E-state index contributed by atoms with van der Waals surface area (Å²) < 4.78 is 6.48. The zero-order valence-electron chi connectivity index (χ0n) is 21.6. The Labute approximate surface area is 228 Å². The van der Waals surface area contributed by atoms with E-state index in [0.717, 1.165) is 34.0 Å². The second-order valence-electron chi connectivity index (χ2n) is 9.93. The van der Waals surface area contributed by atoms with E-state index in [1.165, 1.54) is 27.8 Å². The first-order valence-corrected chi connectivity index (χ1v) is 13.2. The number of benzene rings is 4. The number of nitrogens with zero attached hydrogens (tertiary/aromatic N) is 2. The summed E-state index contributed by atoms with van der Waals surface area (Å²) in [4.78, 5) is 9.47. The van der Waals surface area contributed by atoms with Gasteiger partial charge in [0.1, 0.15) is 11.5 Å². The van der Waals surface area contributed by atoms with Crippen LogP contribution in [0.15, 0.2) is 140 Å². The fraction of sp³-hybridized carbons (Fsp3) is 0.0556. The second kappa shape index (κ2) is 9.38. The van der Waals surface area contributed by atoms with Crippen LogP contribution < -0.4 is 4.74 Å². The Balaban J connectivity index is 1.37. The fourth-order valence-corrected chi connectivity index (χ4v) is 5.90. The summed E-state index contributed by atoms with van der Waals surface area (Å²) in [6, 6.07) is 44.2. The van der Waals surface area contributed by atoms with Crippen LogP contribution >= 0.6 is 0 Å². The minimum atomic E-state index is -0.554. The summed E-state index contributed by atoms with van der Waals surface area (Å²) in [5.41, 5.74) is 9.63. The van der Waals surface area contributed by atoms with Crippen molar-refractivity contribution in [3.05, 3.63) is 168 Å². The molecule has 0 atom stereocenters. The van der Waals surface area contributed by atoms with E-state index in [4.69, 9.17) is 9.72 Å². The molecule has 0 saturated carbocycles. The van der Waals surface area contributed by atoms with Crippen LogP contribution in [-0.2, 0) is 5.41 Å². The van der Waals surface area contributed by atoms with Crippen molar-refractivity contribution in [2.45, 2.75) is 12.3 Å². The average molecular weight is 503 g/mol. The zero-order chi connectivity index (χ0) is 26.2. The molecule has 186 valence electrons. The lowest BCUT2D eigenvalue weighted by atomic mass is 9.70. The molecule has 0 fully saturated rings. The van der Waals surface area contributed by atoms with Crippen LogP contribution in [0.4, 0.5) is 0 Å². The first-order chi connectivity index (χ1) is 19.2. The van der Waals surface area contributed by atoms with Gasteiger partial charge < -0.3 is 4.74 Å². The van der Waals surface area contributed by atoms with E-state index in [1.807, 2.05) is 48.8 Å². The van der Waals surface area contributed by atoms with Gasteiger partial charge in [-0.2, -0.15) is 0 Å². The van der Waals surface area contributed by atoms with Crippen molar-refractivity contribution in [2.75, 3.05) is 0 Å². The van der Waals surface area contributed by atoms with E-state index in [0.29, 0.717) is 0 Å². The number of hydrogen-bond acceptors (Lipinski definition) is 3. The Bertz CT molecular complexity index is 1760. The first-order valence-electron chi connectivity index (χ1n) is 13.2. The van der Waals surface area contributed by atoms with Crippen molar-refractivity contribution in [3.63, 3.8) is 0 Å². The van der Waals surface area contributed by atoms with Crippen LogP contribution in [-0.4, -0.2) is 9.97 Å². The van der Waals surface area contributed by atoms with E-state index in [9.17, 15) is 0 Å². The summed E-state index contributed by atoms with van der Waals surface area (Å²) >= 11 is 0. The molecule has 0 bridgehead atoms. The molecule has 0 amide bonds. The zero-order valence-corrected chi connectivity index (χ0v) is 21.6. The highest BCUT2D eigenvalue weighted by atomic mass is 16.5. The Morgan fingerprint density at radius 2 is 1.26 bits per heavy atom. The molecule has 3 heteroatoms. The van der Waals surface area contributed by atoms with Gasteiger partial charge in [-0.1, -0.05) is 78.9 Å². The highest BCUT2D eigenvalue weighted by Crippen LogP contribution is 2.55. The summed E-state index contributed by atoms with van der Waals surface area (Å²) in [5, 5.41) is 0. The average Bonchev–Trinajstić information content (AvgIpc) is 3.29. The smallest absolute Gasteiger partial charge is 0.128 e. The van der Waals surface area contributed by atoms with Crippen molar-refractivity contribution in [2.24, 2.45) is 0 Å². The first kappa shape index (κ1) is 23.1. The number of hydrogen-bond donors (Lipinski definition) is 0. The van der Waals surface area contributed by atoms with Crippen LogP contribution in [0.5, 0.6) is 11.5 Å². The summed E-state index contributed by atoms with van der Waals surface area (Å²) in [7, 11) is 0. The van der Waals surface area contributed by atoms with Crippen LogP contribution in [0, 0.1) is 6.92 Å². The molecule has 0 spiro atoms. The normalized spacial score (nSPS) is 12.9. The monoisotopic (exact) mass is 502 g/mol. The highest BCUT2D eigenvalue weighted by Gasteiger charge is 2.47. The number of rotatable bonds is 5. The van der Waals surface area contributed by atoms with Crippen molar-refractivity contribution >= 4 is 0 Å². The number of fused-ring (bicyclic) bond motifs is 3. The van der Waals surface area contributed by atoms with E-state index in [1.54, 1.807) is 0 Å². The molecule has 0 N–H and O–H groups in total. The van der Waals surface area contributed by atoms with Gasteiger partial charge in [0, 0.05) is 18.0 Å². The van der Waals surface area contributed by atoms with Gasteiger partial charge in [-0.05, 0) is 88.8 Å². The van der Waals surface area contributed by atoms with E-state index < -0.39 is 5.41 Å². The lowest BCUT2D eigenvalue weighted by Gasteiger charge is -2.32. The fourth-order valence-electron chi connectivity index (χ4n) is 5.90. The number of pyridine rings is 2. The molecule has 7 rings (SSSR count). The van der Waals surface area contributed by atoms with Gasteiger partial charge in [0.25, 0.3) is 0 Å². The van der Waals surface area contributed by atoms with Crippen molar-refractivity contribution in [1.29, 1.82) is 0 Å². The Kier molecular flexibility index (Phi) is 5.56. The molecule has 2 heterocycles. The quantitative estimate of drug-likeness (QED) is 0.236. The van der Waals surface area contributed by atoms with Crippen molar-refractivity contribution < 1.29 is 4.74 Å². The lowest BCUT2D eigenvalue weighted by Crippen LogP contribution is -2.29. The SMILES string of the molecule is Cc1ccnc(-c2cccc(Oc3cccc(C4(c5ccccn5)c5ccccc5-c5ccccc54)c3)c2)c1. The van der Waals surface area contributed by atoms with Crippen LogP contribution in [0.1, 0.15) is 27.9 Å². The minimum Gasteiger partial charge on any atom is -0.457 e. The van der Waals surface area contributed by atoms with Gasteiger partial charge >= 0.3 is 0 Å². The van der Waals surface area contributed by atoms with Gasteiger partial charge in [0.2, 0.25) is 0 Å². The number of aryl methyl sites for hydroxylation is 1. The standard InChI is InChI=1S/C36H26N2O/c1-25-19-21-37-34(22-25)26-10-8-12-28(23-26)39-29-13-9-11-27(24-29)36(35-18-6-7-20-38-35)32-16-4-2-14-30(32)31-15-3-5-17-33(31)36/h2-24H,1H3. The molecule has 1 aliphatic rings. The molecular weight excluding hydrogens is 476 g/mol. The minimum absolute atomic E-state index is 0.554. The number of aromatic nitrogens is 2. The maximum Gasteiger partial charge on any atom is 0.128 e. The van der Waals surface area contributed by atoms with Gasteiger partial charge in [0.15, 0.2) is 0 Å². The Morgan fingerprint density at radius 1 is 0.564 bits per heavy atom. The summed E-state index contributed by atoms with van der Waals surface area (Å²) in [5.74, 6) is 1.55. The van der Waals surface area contributed by atoms with E-state index in [2.05, 4.69) is 103 Å². The number of ether oxygens (including phenoxy) is 1. The molecule has 1 aliphatic carbocycles. The molecule has 39 heavy (non-hydrogen) atoms. The van der Waals surface area contributed by atoms with Crippen LogP contribution in [0.25, 0.3) is 22.4 Å². The molecule has 0 unspecified atom stereocenters. The Hall–Kier alpha value is -5.02. The molecule has 2 aromatic heterocycles. The topological polar surface area (TPSA) is 35.0 Å². The second-order valence-corrected chi connectivity index (χ2v) is 9.93. The molecule has 6 aromatic rings. The van der Waals surface area contributed by atoms with Gasteiger partial charge in [0.05, 0.1) is 16.8 Å². The highest BCUT2D eigenvalue weighted by molar-refractivity contribution is 5.85. The van der Waals surface area contributed by atoms with Gasteiger partial charge in [-0.3, -0.25) is 9.97 Å². The van der Waals surface area contributed by atoms with E-state index in [-0.39, 0.29) is 0 Å². The lowest BCUT2D eigenvalue weighted by molar-refractivity contribution is 0.481. The molecule has 4 aromatic carbocycles. The molecular formula is C36H26N2O. The third kappa shape index (κ3) is 3.82. The summed E-state index contributed by atoms with van der Waals surface area (Å²) in [6.07, 6.45) is 3.72. The maximum absolute atomic E-state index is 6.48. The molecule has 0 aliphatic heterocycles. The van der Waals surface area contributed by atoms with E-state index >= 15 is 0 Å². The summed E-state index contributed by atoms with van der Waals surface area (Å²) in [6.45, 7) is 2.08. The van der Waals surface area contributed by atoms with Crippen LogP contribution in [0.2, 0.25) is 0 Å². The molecule has 3 nitrogen and oxygen atoms in total. The van der Waals surface area contributed by atoms with Crippen molar-refractivity contribution in [3.8, 4) is 33.9 Å². The van der Waals surface area contributed by atoms with Crippen LogP contribution in [0.3, 0.4) is 0 Å². The van der Waals surface area contributed by atoms with Crippen molar-refractivity contribution in [1.82, 2.24) is 9.97 Å². The van der Waals surface area contributed by atoms with Gasteiger partial charge in [-0.25, -0.2) is 0 Å². The Morgan fingerprint density at radius 3 is 1.97 bits per heavy atom. The van der Waals surface area contributed by atoms with Gasteiger partial charge in [-0.15, -0.1) is 0 Å². The maximum atomic E-state index is 6.48. The molecule has 0 radical (unpaired) electrons. The largest absolute Gasteiger partial charge is 0.457 e.